The molecule has 0 spiro atoms. The van der Waals surface area contributed by atoms with Gasteiger partial charge in [0.05, 0.1) is 77.2 Å². The fraction of sp³-hybridized carbons (Fsp3) is 0.644. The number of rotatable bonds is 24. The van der Waals surface area contributed by atoms with Crippen LogP contribution >= 0.6 is 0 Å². The largest absolute Gasteiger partial charge is 0.354 e. The van der Waals surface area contributed by atoms with Crippen molar-refractivity contribution in [3.63, 3.8) is 0 Å². The van der Waals surface area contributed by atoms with E-state index in [0.29, 0.717) is 72.7 Å². The fourth-order valence-electron chi connectivity index (χ4n) is 23.8. The van der Waals surface area contributed by atoms with Crippen LogP contribution in [0.4, 0.5) is 0 Å². The lowest BCUT2D eigenvalue weighted by atomic mass is 9.90. The lowest BCUT2D eigenvalue weighted by Crippen LogP contribution is -2.38. The van der Waals surface area contributed by atoms with Crippen LogP contribution in [0.5, 0.6) is 0 Å². The predicted octanol–water partition coefficient (Wildman–Crippen LogP) is 12.5. The molecule has 3 aliphatic carbocycles. The third-order valence-electron chi connectivity index (χ3n) is 32.9. The molecule has 43 nitrogen and oxygen atoms in total. The number of ether oxygens (including phenoxy) is 3. The van der Waals surface area contributed by atoms with Crippen molar-refractivity contribution in [3.8, 4) is 0 Å². The van der Waals surface area contributed by atoms with E-state index in [0.717, 1.165) is 172 Å². The zero-order chi connectivity index (χ0) is 111. The first-order valence-electron chi connectivity index (χ1n) is 51.3. The first kappa shape index (κ1) is 118. The Morgan fingerprint density at radius 2 is 0.520 bits per heavy atom. The molecule has 828 valence electrons. The summed E-state index contributed by atoms with van der Waals surface area (Å²) >= 11 is 0. The van der Waals surface area contributed by atoms with E-state index in [1.807, 2.05) is 111 Å². The second kappa shape index (κ2) is 45.7. The molecule has 3 saturated carbocycles. The van der Waals surface area contributed by atoms with Gasteiger partial charge in [0.15, 0.2) is 0 Å². The van der Waals surface area contributed by atoms with E-state index in [9.17, 15) is 50.5 Å². The monoisotopic (exact) mass is 2200 g/mol. The molecule has 0 aromatic carbocycles. The van der Waals surface area contributed by atoms with Crippen LogP contribution in [0.2, 0.25) is 0 Å². The van der Waals surface area contributed by atoms with Crippen molar-refractivity contribution in [3.05, 3.63) is 140 Å². The number of sulfonamides is 2. The molecule has 14 N–H and O–H groups in total. The molecule has 18 rings (SSSR count). The van der Waals surface area contributed by atoms with E-state index in [2.05, 4.69) is 220 Å². The third-order valence-corrected chi connectivity index (χ3v) is 36.6. The summed E-state index contributed by atoms with van der Waals surface area (Å²) in [7, 11) is -22.2. The van der Waals surface area contributed by atoms with E-state index in [1.165, 1.54) is 11.4 Å². The summed E-state index contributed by atoms with van der Waals surface area (Å²) in [6, 6.07) is 13.5. The quantitative estimate of drug-likeness (QED) is 0.0278. The summed E-state index contributed by atoms with van der Waals surface area (Å²) in [5.74, 6) is 8.71. The van der Waals surface area contributed by atoms with Crippen LogP contribution in [0, 0.1) is 213 Å². The van der Waals surface area contributed by atoms with Gasteiger partial charge >= 0.3 is 20.6 Å². The zero-order valence-corrected chi connectivity index (χ0v) is 96.9. The number of hydrogen-bond donors (Lipinski definition) is 8. The van der Waals surface area contributed by atoms with Crippen LogP contribution in [-0.2, 0) is 83.7 Å². The maximum absolute atomic E-state index is 11.3. The zero-order valence-electron chi connectivity index (χ0n) is 92.0. The van der Waals surface area contributed by atoms with Crippen LogP contribution in [0.1, 0.15) is 255 Å². The van der Waals surface area contributed by atoms with Gasteiger partial charge in [0.25, 0.3) is 20.4 Å². The molecule has 18 unspecified atom stereocenters. The summed E-state index contributed by atoms with van der Waals surface area (Å²) in [6.45, 7) is 62.1. The van der Waals surface area contributed by atoms with Gasteiger partial charge in [-0.05, 0) is 264 Å². The molecule has 15 heterocycles. The van der Waals surface area contributed by atoms with Crippen molar-refractivity contribution in [1.82, 2.24) is 96.7 Å². The molecule has 0 radical (unpaired) electrons. The van der Waals surface area contributed by atoms with E-state index < -0.39 is 61.1 Å². The standard InChI is InChI=1S/C18H28N4O2S.C17H27N5O2S.2C17H26N4O3S.C16H25N5O3S.C16H24N4O4S/c1-10-8-16-13(4)20-14(5)21-18(16)22(10)17-9-15(11(2)12(17)3)6-7-25(19,23)24;1-9-6-15-12(4)20-13(5)21-17(15)22(9)16-7-14(10(2)11(16)3)8-19-25(18,23)24;1-9-6-15-12(4)19-13(5)20-17(15)21(9)16-7-14(10(2)11(16)3)8-24-25(18,22)23;1-9-8-14-12(4)19-13(5)20-16(14)21(9)17-11(3)10(2)15(24-17)6-7-25(18,22)23;1-8-6-13-11(4)19-12(5)20-15(13)21(8)16-10(3)9(2)14(24-16)7-18-25(17,22)23;1-8-6-13-11(4)18-12(5)19-15(13)20(8)16-10(3)9(2)14(24-16)7-23-25(17,21)22/h8,11-12,15,17H,6-7,9H2,1-5H3,(H2,19,23,24);6,10-11,14,16,19H,7-8H2,1-5H3,(H2,18,23,24);6,10-11,14,16H,7-8H2,1-5H3,(H2,18,22,23);8,10-11,15,17H,6-7H2,1-5H3,(H2,18,22,23);6,9-10,14,16,18H,7H2,1-5H3,(H2,17,22,23);6,9-10,14,16H,7H2,1-5H3,(H2,17,21,22)/t11?,12?,15?,17-;2*10?,11?,14?,16-;10?,11?,15?,17-;2*9?,10?,14?,16-/m111111/s1. The van der Waals surface area contributed by atoms with Crippen LogP contribution in [0.25, 0.3) is 66.2 Å². The highest BCUT2D eigenvalue weighted by atomic mass is 32.2. The maximum atomic E-state index is 11.3. The minimum Gasteiger partial charge on any atom is -0.354 e. The highest BCUT2D eigenvalue weighted by molar-refractivity contribution is 7.89. The lowest BCUT2D eigenvalue weighted by molar-refractivity contribution is -0.0288. The molecule has 0 bridgehead atoms. The maximum Gasteiger partial charge on any atom is 0.333 e. The van der Waals surface area contributed by atoms with Crippen molar-refractivity contribution in [2.75, 3.05) is 37.8 Å². The molecular formula is C101H156N26O17S6. The van der Waals surface area contributed by atoms with E-state index in [-0.39, 0.29) is 128 Å². The molecule has 3 aliphatic heterocycles. The molecule has 3 saturated heterocycles. The Bertz CT molecular complexity index is 6600. The third kappa shape index (κ3) is 26.6. The Labute approximate surface area is 883 Å². The highest BCUT2D eigenvalue weighted by Gasteiger charge is 2.48. The van der Waals surface area contributed by atoms with Gasteiger partial charge in [-0.2, -0.15) is 38.4 Å². The summed E-state index contributed by atoms with van der Waals surface area (Å²) in [5, 5.41) is 36.7. The van der Waals surface area contributed by atoms with Crippen LogP contribution in [0.15, 0.2) is 36.4 Å². The summed E-state index contributed by atoms with van der Waals surface area (Å²) < 4.78 is 181. The molecule has 12 aromatic heterocycles. The normalized spacial score (nSPS) is 27.3. The number of fused-ring (bicyclic) bond motifs is 6. The number of aromatic nitrogens is 18. The van der Waals surface area contributed by atoms with Crippen molar-refractivity contribution < 1.29 is 73.1 Å². The van der Waals surface area contributed by atoms with Gasteiger partial charge in [0, 0.05) is 115 Å². The van der Waals surface area contributed by atoms with Gasteiger partial charge in [-0.3, -0.25) is 8.37 Å². The van der Waals surface area contributed by atoms with Gasteiger partial charge < -0.3 is 41.6 Å². The summed E-state index contributed by atoms with van der Waals surface area (Å²) in [5.41, 5.74) is 17.9. The molecule has 12 aromatic rings. The Morgan fingerprint density at radius 1 is 0.280 bits per heavy atom. The molecule has 6 fully saturated rings. The Morgan fingerprint density at radius 3 is 0.827 bits per heavy atom. The van der Waals surface area contributed by atoms with E-state index >= 15 is 0 Å². The van der Waals surface area contributed by atoms with Gasteiger partial charge in [0.1, 0.15) is 87.5 Å². The number of aryl methyl sites for hydroxylation is 18. The summed E-state index contributed by atoms with van der Waals surface area (Å²) in [4.78, 5) is 54.6. The van der Waals surface area contributed by atoms with Crippen LogP contribution < -0.4 is 40.3 Å². The average Bonchev–Trinajstić information content (AvgIpc) is 1.63. The van der Waals surface area contributed by atoms with E-state index in [1.54, 1.807) is 0 Å². The van der Waals surface area contributed by atoms with Crippen molar-refractivity contribution in [1.29, 1.82) is 0 Å². The number of nitrogens with one attached hydrogen (secondary N) is 2. The van der Waals surface area contributed by atoms with Crippen molar-refractivity contribution in [2.24, 2.45) is 120 Å². The van der Waals surface area contributed by atoms with Gasteiger partial charge in [-0.15, -0.1) is 0 Å². The Kier molecular flexibility index (Phi) is 36.0. The Hall–Kier alpha value is -9.10. The number of nitrogens with zero attached hydrogens (tertiary/aromatic N) is 18. The number of primary sulfonamides is 2. The Balaban J connectivity index is 0.000000150. The van der Waals surface area contributed by atoms with E-state index in [4.69, 9.17) is 63.4 Å². The molecule has 6 aliphatic rings. The fourth-order valence-corrected chi connectivity index (χ4v) is 26.5. The van der Waals surface area contributed by atoms with Crippen molar-refractivity contribution >= 4 is 127 Å². The minimum absolute atomic E-state index is 0.0623. The summed E-state index contributed by atoms with van der Waals surface area (Å²) in [6.07, 6.45) is 2.35. The molecular weight excluding hydrogens is 2040 g/mol. The van der Waals surface area contributed by atoms with Gasteiger partial charge in [-0.1, -0.05) is 83.1 Å². The number of nitrogens with two attached hydrogens (primary N) is 6. The smallest absolute Gasteiger partial charge is 0.333 e. The minimum atomic E-state index is -3.99. The first-order chi connectivity index (χ1) is 69.5. The van der Waals surface area contributed by atoms with Crippen LogP contribution in [-0.4, -0.2) is 194 Å². The van der Waals surface area contributed by atoms with Crippen LogP contribution in [0.3, 0.4) is 0 Å². The first-order valence-corrected chi connectivity index (χ1v) is 60.8. The topological polar surface area (TPSA) is 615 Å². The lowest BCUT2D eigenvalue weighted by Gasteiger charge is -2.22. The second-order valence-corrected chi connectivity index (χ2v) is 52.0. The predicted molar refractivity (Wildman–Crippen MR) is 579 cm³/mol. The number of hydrogen-bond acceptors (Lipinski definition) is 29. The van der Waals surface area contributed by atoms with Crippen molar-refractivity contribution in [2.45, 2.75) is 295 Å². The molecule has 150 heavy (non-hydrogen) atoms. The molecule has 49 heteroatoms. The molecule has 24 atom stereocenters. The highest BCUT2D eigenvalue weighted by Crippen LogP contribution is 2.52. The van der Waals surface area contributed by atoms with Gasteiger partial charge in [-0.25, -0.2) is 112 Å². The van der Waals surface area contributed by atoms with Gasteiger partial charge in [0.2, 0.25) is 20.0 Å². The molecule has 0 amide bonds. The SMILES string of the molecule is Cc1nc(C)c2cc(C)n([C@@H]3CC(CCS(N)(=O)=O)C(C)C3C)c2n1.Cc1nc(C)c2cc(C)n([C@@H]3CC(CNS(N)(=O)=O)C(C)C3C)c2n1.Cc1nc(C)c2cc(C)n([C@@H]3CC(COS(N)(=O)=O)C(C)C3C)c2n1.Cc1nc(C)c2cc(C)n([C@@H]3OC(CCS(N)(=O)=O)C(C)C3C)c2n1.Cc1nc(C)c2cc(C)n([C@@H]3OC(CNS(N)(=O)=O)C(C)C3C)c2n1.Cc1nc(C)c2cc(C)n([C@@H]3OC(COS(N)(=O)=O)C(C)C3C)c2n1. The second-order valence-electron chi connectivity index (χ2n) is 43.3. The average molecular weight is 2200 g/mol.